The Morgan fingerprint density at radius 2 is 1.93 bits per heavy atom. The fraction of sp³-hybridized carbons (Fsp3) is 0.514. The maximum absolute atomic E-state index is 14.7. The highest BCUT2D eigenvalue weighted by Gasteiger charge is 2.49. The van der Waals surface area contributed by atoms with Crippen molar-refractivity contribution in [2.45, 2.75) is 81.2 Å². The zero-order chi connectivity index (χ0) is 30.3. The second-order valence-corrected chi connectivity index (χ2v) is 13.9. The molecule has 4 atom stereocenters. The van der Waals surface area contributed by atoms with Gasteiger partial charge in [0, 0.05) is 49.7 Å². The first kappa shape index (κ1) is 27.5. The summed E-state index contributed by atoms with van der Waals surface area (Å²) >= 11 is 0. The lowest BCUT2D eigenvalue weighted by Gasteiger charge is -2.38. The molecule has 6 aliphatic rings. The molecule has 10 heteroatoms. The molecule has 0 spiro atoms. The lowest BCUT2D eigenvalue weighted by atomic mass is 9.95. The van der Waals surface area contributed by atoms with E-state index < -0.39 is 6.17 Å². The van der Waals surface area contributed by atoms with Crippen molar-refractivity contribution in [3.63, 3.8) is 0 Å². The van der Waals surface area contributed by atoms with Crippen LogP contribution in [0.15, 0.2) is 47.3 Å². The van der Waals surface area contributed by atoms with Crippen molar-refractivity contribution in [3.05, 3.63) is 52.8 Å². The number of phenols is 1. The number of hydrogen-bond acceptors (Lipinski definition) is 8. The normalized spacial score (nSPS) is 28.2. The third-order valence-corrected chi connectivity index (χ3v) is 11.0. The summed E-state index contributed by atoms with van der Waals surface area (Å²) in [4.78, 5) is 29.2. The highest BCUT2D eigenvalue weighted by Crippen LogP contribution is 2.43. The van der Waals surface area contributed by atoms with Gasteiger partial charge in [0.15, 0.2) is 0 Å². The Labute approximate surface area is 261 Å². The van der Waals surface area contributed by atoms with Crippen LogP contribution in [0.4, 0.5) is 10.2 Å². The number of anilines is 1. The Bertz CT molecular complexity index is 1870. The van der Waals surface area contributed by atoms with E-state index in [9.17, 15) is 14.3 Å². The molecule has 2 N–H and O–H groups in total. The Morgan fingerprint density at radius 1 is 1.04 bits per heavy atom. The van der Waals surface area contributed by atoms with Gasteiger partial charge in [0.05, 0.1) is 16.7 Å². The lowest BCUT2D eigenvalue weighted by molar-refractivity contribution is 0.107. The van der Waals surface area contributed by atoms with Crippen molar-refractivity contribution in [2.24, 2.45) is 0 Å². The Kier molecular flexibility index (Phi) is 6.36. The predicted octanol–water partition coefficient (Wildman–Crippen LogP) is 4.94. The van der Waals surface area contributed by atoms with E-state index in [-0.39, 0.29) is 34.9 Å². The summed E-state index contributed by atoms with van der Waals surface area (Å²) in [6, 6.07) is 14.3. The summed E-state index contributed by atoms with van der Waals surface area (Å²) in [6.45, 7) is 3.30. The number of ether oxygens (including phenoxy) is 1. The molecule has 45 heavy (non-hydrogen) atoms. The molecule has 2 unspecified atom stereocenters. The zero-order valence-corrected chi connectivity index (χ0v) is 25.4. The van der Waals surface area contributed by atoms with Gasteiger partial charge in [0.1, 0.15) is 29.7 Å². The van der Waals surface area contributed by atoms with Crippen molar-refractivity contribution >= 4 is 27.5 Å². The average Bonchev–Trinajstić information content (AvgIpc) is 3.81. The van der Waals surface area contributed by atoms with E-state index >= 15 is 0 Å². The summed E-state index contributed by atoms with van der Waals surface area (Å²) < 4.78 is 22.9. The van der Waals surface area contributed by atoms with Crippen molar-refractivity contribution in [1.29, 1.82) is 0 Å². The number of aromatic hydroxyl groups is 1. The fourth-order valence-corrected chi connectivity index (χ4v) is 8.69. The van der Waals surface area contributed by atoms with Gasteiger partial charge in [-0.15, -0.1) is 0 Å². The minimum absolute atomic E-state index is 0.0903. The van der Waals surface area contributed by atoms with E-state index in [1.54, 1.807) is 12.1 Å². The fourth-order valence-electron chi connectivity index (χ4n) is 8.69. The number of pyridine rings is 1. The molecule has 5 aliphatic heterocycles. The third-order valence-electron chi connectivity index (χ3n) is 11.0. The maximum Gasteiger partial charge on any atom is 0.319 e. The Morgan fingerprint density at radius 3 is 2.82 bits per heavy atom. The van der Waals surface area contributed by atoms with Crippen molar-refractivity contribution in [3.8, 4) is 23.0 Å². The van der Waals surface area contributed by atoms with Crippen molar-refractivity contribution in [1.82, 2.24) is 24.8 Å². The first-order chi connectivity index (χ1) is 22.0. The van der Waals surface area contributed by atoms with E-state index in [1.165, 1.54) is 0 Å². The minimum Gasteiger partial charge on any atom is -0.508 e. The third kappa shape index (κ3) is 4.59. The molecule has 4 aromatic rings. The van der Waals surface area contributed by atoms with Gasteiger partial charge < -0.3 is 24.6 Å². The highest BCUT2D eigenvalue weighted by atomic mass is 19.1. The molecule has 7 heterocycles. The molecule has 5 saturated heterocycles. The molecule has 2 aromatic heterocycles. The van der Waals surface area contributed by atoms with Crippen LogP contribution in [0.25, 0.3) is 32.9 Å². The maximum atomic E-state index is 14.7. The molecular formula is C35H39FN6O3. The Balaban J connectivity index is 1.23. The lowest BCUT2D eigenvalue weighted by Crippen LogP contribution is -2.55. The number of hydrogen-bond donors (Lipinski definition) is 2. The number of piperazine rings is 1. The van der Waals surface area contributed by atoms with E-state index in [0.29, 0.717) is 42.3 Å². The van der Waals surface area contributed by atoms with Crippen LogP contribution in [0.2, 0.25) is 0 Å². The molecule has 1 saturated carbocycles. The summed E-state index contributed by atoms with van der Waals surface area (Å²) in [7, 11) is 0. The van der Waals surface area contributed by atoms with Gasteiger partial charge in [-0.1, -0.05) is 24.3 Å². The van der Waals surface area contributed by atoms with Gasteiger partial charge in [-0.2, -0.15) is 9.97 Å². The van der Waals surface area contributed by atoms with Gasteiger partial charge in [0.25, 0.3) is 5.56 Å². The molecule has 0 radical (unpaired) electrons. The minimum atomic E-state index is -0.845. The van der Waals surface area contributed by atoms with Gasteiger partial charge in [-0.05, 0) is 80.5 Å². The van der Waals surface area contributed by atoms with Gasteiger partial charge >= 0.3 is 6.01 Å². The van der Waals surface area contributed by atoms with Gasteiger partial charge in [-0.3, -0.25) is 9.69 Å². The number of halogens is 1. The van der Waals surface area contributed by atoms with Crippen LogP contribution in [0.1, 0.15) is 57.4 Å². The Hall–Kier alpha value is -3.76. The molecule has 10 rings (SSSR count). The second-order valence-electron chi connectivity index (χ2n) is 13.9. The molecule has 1 aliphatic carbocycles. The van der Waals surface area contributed by atoms with Gasteiger partial charge in [0.2, 0.25) is 0 Å². The van der Waals surface area contributed by atoms with E-state index in [2.05, 4.69) is 15.1 Å². The predicted molar refractivity (Wildman–Crippen MR) is 172 cm³/mol. The van der Waals surface area contributed by atoms with Crippen molar-refractivity contribution in [2.75, 3.05) is 37.7 Å². The number of nitrogens with one attached hydrogen (secondary N) is 1. The largest absolute Gasteiger partial charge is 0.508 e. The molecule has 6 fully saturated rings. The zero-order valence-electron chi connectivity index (χ0n) is 25.4. The standard InChI is InChI=1S/C35H39FN6O3/c36-22-16-35(11-4-12-40(35)18-22)20-45-34-38-29-15-30(28-14-26(43)13-21-5-1-2-8-27(21)28)42(24-9-10-24)33(44)31(29)32(39-34)41-19-23-6-3-7-25(41)17-37-23/h1-2,5,8,13-15,22-25,37,43H,3-4,6-7,9-12,16-20H2/t22-,23?,25?,35+/m1/s1. The number of benzene rings is 2. The number of rotatable bonds is 6. The smallest absolute Gasteiger partial charge is 0.319 e. The summed E-state index contributed by atoms with van der Waals surface area (Å²) in [5.41, 5.74) is 1.67. The quantitative estimate of drug-likeness (QED) is 0.317. The summed E-state index contributed by atoms with van der Waals surface area (Å²) in [5.74, 6) is 0.804. The second kappa shape index (κ2) is 10.4. The number of alkyl halides is 1. The van der Waals surface area contributed by atoms with E-state index in [1.807, 2.05) is 34.9 Å². The average molecular weight is 611 g/mol. The number of fused-ring (bicyclic) bond motifs is 7. The molecule has 2 bridgehead atoms. The number of phenolic OH excluding ortho intramolecular Hbond substituents is 1. The van der Waals surface area contributed by atoms with Gasteiger partial charge in [-0.25, -0.2) is 4.39 Å². The first-order valence-electron chi connectivity index (χ1n) is 16.7. The van der Waals surface area contributed by atoms with Crippen molar-refractivity contribution < 1.29 is 14.2 Å². The molecule has 9 nitrogen and oxygen atoms in total. The van der Waals surface area contributed by atoms with Crippen LogP contribution >= 0.6 is 0 Å². The van der Waals surface area contributed by atoms with Crippen LogP contribution in [0.3, 0.4) is 0 Å². The van der Waals surface area contributed by atoms with Crippen LogP contribution in [0, 0.1) is 0 Å². The molecular weight excluding hydrogens is 571 g/mol. The SMILES string of the molecule is O=c1c2c(N3CC4CCCC3CN4)nc(OC[C@@]34CCCN3C[C@H](F)C4)nc2cc(-c2cc(O)cc3ccccc23)n1C1CC1. The summed E-state index contributed by atoms with van der Waals surface area (Å²) in [6.07, 6.45) is 6.68. The van der Waals surface area contributed by atoms with Crippen LogP contribution in [-0.2, 0) is 0 Å². The topological polar surface area (TPSA) is 95.8 Å². The van der Waals surface area contributed by atoms with Crippen LogP contribution in [-0.4, -0.2) is 81.1 Å². The van der Waals surface area contributed by atoms with Crippen LogP contribution in [0.5, 0.6) is 11.8 Å². The van der Waals surface area contributed by atoms with Crippen LogP contribution < -0.4 is 20.5 Å². The monoisotopic (exact) mass is 610 g/mol. The first-order valence-corrected chi connectivity index (χ1v) is 16.7. The van der Waals surface area contributed by atoms with E-state index in [4.69, 9.17) is 14.7 Å². The molecule has 0 amide bonds. The number of nitrogens with zero attached hydrogens (tertiary/aromatic N) is 5. The number of aromatic nitrogens is 3. The molecule has 234 valence electrons. The summed E-state index contributed by atoms with van der Waals surface area (Å²) in [5, 5.41) is 16.8. The molecule has 2 aromatic carbocycles. The highest BCUT2D eigenvalue weighted by molar-refractivity contribution is 5.99. The van der Waals surface area contributed by atoms with E-state index in [0.717, 1.165) is 86.6 Å².